The Labute approximate surface area is 179 Å². The van der Waals surface area contributed by atoms with Gasteiger partial charge < -0.3 is 5.73 Å². The highest BCUT2D eigenvalue weighted by molar-refractivity contribution is 6.00. The van der Waals surface area contributed by atoms with Crippen LogP contribution in [0.5, 0.6) is 0 Å². The van der Waals surface area contributed by atoms with Crippen molar-refractivity contribution in [1.82, 2.24) is 0 Å². The first-order valence-electron chi connectivity index (χ1n) is 15.0. The average molecular weight is 398 g/mol. The molecule has 26 unspecified atom stereocenters. The second kappa shape index (κ2) is 1.72. The topological polar surface area (TPSA) is 26.0 Å². The molecule has 0 bridgehead atoms. The second-order valence-corrected chi connectivity index (χ2v) is 19.1. The monoisotopic (exact) mass is 397 g/mol. The lowest BCUT2D eigenvalue weighted by atomic mass is 8.48. The lowest BCUT2D eigenvalue weighted by Crippen LogP contribution is -3.54. The van der Waals surface area contributed by atoms with Crippen LogP contribution in [0.25, 0.3) is 0 Å². The number of rotatable bonds is 0. The van der Waals surface area contributed by atoms with Crippen LogP contribution in [-0.2, 0) is 0 Å². The van der Waals surface area contributed by atoms with E-state index in [0.717, 1.165) is 70.9 Å². The van der Waals surface area contributed by atoms with Crippen molar-refractivity contribution in [2.45, 2.75) is 31.2 Å². The number of hydrogen-bond donors (Lipinski definition) is 1. The minimum Gasteiger partial charge on any atom is -0.324 e. The molecular weight excluding hydrogens is 374 g/mol. The number of fused-ring (bicyclic) bond motifs is 10. The molecule has 2 N–H and O–H groups in total. The lowest BCUT2D eigenvalue weighted by molar-refractivity contribution is -1.10. The molecule has 0 aliphatic heterocycles. The molecule has 0 aromatic rings. The summed E-state index contributed by atoms with van der Waals surface area (Å²) in [6.45, 7) is 0. The van der Waals surface area contributed by atoms with Gasteiger partial charge in [-0.15, -0.1) is 0 Å². The predicted octanol–water partition coefficient (Wildman–Crippen LogP) is 2.36. The molecule has 20 saturated carbocycles. The van der Waals surface area contributed by atoms with Gasteiger partial charge in [0, 0.05) is 11.0 Å². The summed E-state index contributed by atoms with van der Waals surface area (Å²) >= 11 is 0. The quantitative estimate of drug-likeness (QED) is 0.667. The van der Waals surface area contributed by atoms with Gasteiger partial charge in [0.05, 0.1) is 0 Å². The highest BCUT2D eigenvalue weighted by Gasteiger charge is 3.55. The van der Waals surface area contributed by atoms with Crippen molar-refractivity contribution in [3.05, 3.63) is 0 Å². The van der Waals surface area contributed by atoms with Crippen LogP contribution < -0.4 is 5.73 Å². The fourth-order valence-electron chi connectivity index (χ4n) is 30.4. The Kier molecular flexibility index (Phi) is 0.617. The summed E-state index contributed by atoms with van der Waals surface area (Å²) < 4.78 is 0. The molecule has 1 heteroatoms. The van der Waals surface area contributed by atoms with Gasteiger partial charge in [-0.3, -0.25) is 0 Å². The van der Waals surface area contributed by atoms with Gasteiger partial charge in [0.15, 0.2) is 0 Å². The molecule has 1 nitrogen and oxygen atoms in total. The van der Waals surface area contributed by atoms with E-state index in [9.17, 15) is 0 Å². The van der Waals surface area contributed by atoms with E-state index in [1.54, 1.807) is 19.3 Å². The maximum Gasteiger partial charge on any atom is 0.0266 e. The van der Waals surface area contributed by atoms with Crippen molar-refractivity contribution < 1.29 is 0 Å². The molecule has 148 valence electrons. The van der Waals surface area contributed by atoms with Gasteiger partial charge in [-0.2, -0.15) is 0 Å². The Morgan fingerprint density at radius 1 is 0.452 bits per heavy atom. The zero-order chi connectivity index (χ0) is 17.8. The third-order valence-electron chi connectivity index (χ3n) is 24.7. The van der Waals surface area contributed by atoms with E-state index in [1.807, 2.05) is 0 Å². The molecule has 12 spiro atoms. The van der Waals surface area contributed by atoms with Crippen LogP contribution in [0, 0.1) is 142 Å². The van der Waals surface area contributed by atoms with E-state index in [-0.39, 0.29) is 0 Å². The van der Waals surface area contributed by atoms with Crippen LogP contribution in [0.1, 0.15) is 25.7 Å². The summed E-state index contributed by atoms with van der Waals surface area (Å²) in [5, 5.41) is 0. The summed E-state index contributed by atoms with van der Waals surface area (Å²) in [5.41, 5.74) is 20.3. The Bertz CT molecular complexity index is 1680. The van der Waals surface area contributed by atoms with Crippen molar-refractivity contribution in [3.63, 3.8) is 0 Å². The zero-order valence-corrected chi connectivity index (χ0v) is 17.4. The first-order chi connectivity index (χ1) is 15.3. The third-order valence-corrected chi connectivity index (χ3v) is 24.7. The van der Waals surface area contributed by atoms with Crippen LogP contribution >= 0.6 is 0 Å². The Hall–Kier alpha value is -0.0400. The standard InChI is InChI=1S/C30H23N/c31-18-4-11-13-7-2-9-15-14-8-1-5-12-6-3-10-16-17(18)28-22(11,18)24(13)21(7,9)26(15)25(14)19(5,8)23(12)20(6,10)27(16,28)29(23,25)30(24,26)28/h5-17H,1-4,31H2. The minimum atomic E-state index is 0.413. The number of nitrogens with two attached hydrogens (primary N) is 1. The highest BCUT2D eigenvalue weighted by Crippen LogP contribution is 3.56. The van der Waals surface area contributed by atoms with Crippen LogP contribution in [0.4, 0.5) is 0 Å². The van der Waals surface area contributed by atoms with Gasteiger partial charge in [-0.25, -0.2) is 0 Å². The first-order valence-corrected chi connectivity index (χ1v) is 15.0. The summed E-state index contributed by atoms with van der Waals surface area (Å²) in [6, 6.07) is 0. The summed E-state index contributed by atoms with van der Waals surface area (Å²) in [7, 11) is 0. The van der Waals surface area contributed by atoms with E-state index in [0.29, 0.717) is 5.54 Å². The van der Waals surface area contributed by atoms with Crippen molar-refractivity contribution in [2.24, 2.45) is 148 Å². The van der Waals surface area contributed by atoms with E-state index >= 15 is 0 Å². The van der Waals surface area contributed by atoms with Crippen molar-refractivity contribution >= 4 is 0 Å². The molecule has 0 radical (unpaired) electrons. The molecule has 0 aromatic heterocycles. The van der Waals surface area contributed by atoms with Crippen LogP contribution in [-0.4, -0.2) is 5.54 Å². The van der Waals surface area contributed by atoms with Crippen LogP contribution in [0.2, 0.25) is 0 Å². The van der Waals surface area contributed by atoms with Gasteiger partial charge >= 0.3 is 0 Å². The van der Waals surface area contributed by atoms with Gasteiger partial charge in [0.1, 0.15) is 0 Å². The van der Waals surface area contributed by atoms with Crippen LogP contribution in [0.15, 0.2) is 0 Å². The fourth-order valence-corrected chi connectivity index (χ4v) is 30.4. The molecule has 0 saturated heterocycles. The van der Waals surface area contributed by atoms with E-state index < -0.39 is 0 Å². The van der Waals surface area contributed by atoms with Gasteiger partial charge in [0.2, 0.25) is 0 Å². The lowest BCUT2D eigenvalue weighted by Gasteiger charge is -3.55. The Morgan fingerprint density at radius 3 is 1.65 bits per heavy atom. The molecule has 0 heterocycles. The Morgan fingerprint density at radius 2 is 0.935 bits per heavy atom. The highest BCUT2D eigenvalue weighted by atomic mass is 15.6. The van der Waals surface area contributed by atoms with Gasteiger partial charge in [0.25, 0.3) is 0 Å². The molecule has 0 aromatic carbocycles. The SMILES string of the molecule is NC12CC3C4C5CC6C7C8C9CC%10C%11C%12CC%13C%14C1C1%15C32C42C56C73C84C%109C%115C%12%13C%141C54C23%15. The largest absolute Gasteiger partial charge is 0.324 e. The molecule has 26 atom stereocenters. The average Bonchev–Trinajstić information content (AvgIpc) is 2.63. The molecule has 31 heavy (non-hydrogen) atoms. The maximum absolute atomic E-state index is 7.72. The summed E-state index contributed by atoms with van der Waals surface area (Å²) in [5.74, 6) is 16.5. The second-order valence-electron chi connectivity index (χ2n) is 19.1. The molecule has 20 fully saturated rings. The van der Waals surface area contributed by atoms with E-state index in [4.69, 9.17) is 5.73 Å². The summed E-state index contributed by atoms with van der Waals surface area (Å²) in [4.78, 5) is 0. The van der Waals surface area contributed by atoms with E-state index in [1.165, 1.54) is 77.4 Å². The van der Waals surface area contributed by atoms with Gasteiger partial charge in [-0.1, -0.05) is 0 Å². The smallest absolute Gasteiger partial charge is 0.0266 e. The fraction of sp³-hybridized carbons (Fsp3) is 1.00. The predicted molar refractivity (Wildman–Crippen MR) is 100.0 cm³/mol. The van der Waals surface area contributed by atoms with Crippen LogP contribution in [0.3, 0.4) is 0 Å². The molecule has 20 rings (SSSR count). The Balaban J connectivity index is 1.12. The zero-order valence-electron chi connectivity index (χ0n) is 17.4. The van der Waals surface area contributed by atoms with Crippen molar-refractivity contribution in [1.29, 1.82) is 0 Å². The van der Waals surface area contributed by atoms with E-state index in [2.05, 4.69) is 0 Å². The third kappa shape index (κ3) is 0.262. The number of hydrogen-bond acceptors (Lipinski definition) is 1. The molecule has 0 amide bonds. The summed E-state index contributed by atoms with van der Waals surface area (Å²) in [6.07, 6.45) is 6.77. The molecular formula is C30H23N. The van der Waals surface area contributed by atoms with Gasteiger partial charge in [-0.05, 0) is 162 Å². The van der Waals surface area contributed by atoms with Crippen molar-refractivity contribution in [3.8, 4) is 0 Å². The van der Waals surface area contributed by atoms with Crippen molar-refractivity contribution in [2.75, 3.05) is 0 Å². The normalized spacial score (nSPS) is 129. The maximum atomic E-state index is 7.72. The molecule has 20 aliphatic rings. The first kappa shape index (κ1) is 11.1. The minimum absolute atomic E-state index is 0.413. The molecule has 20 aliphatic carbocycles.